The maximum atomic E-state index is 9.18. The minimum Gasteiger partial charge on any atom is -0.759 e. The molecule has 0 spiro atoms. The van der Waals surface area contributed by atoms with Crippen molar-refractivity contribution in [2.24, 2.45) is 0 Å². The van der Waals surface area contributed by atoms with E-state index in [-0.39, 0.29) is 21.1 Å². The van der Waals surface area contributed by atoms with Crippen LogP contribution >= 0.6 is 0 Å². The van der Waals surface area contributed by atoms with Crippen LogP contribution in [0.1, 0.15) is 64.2 Å². The standard InChI is InChI=1S/2C6H12O5S.2C5H10.Mo/c2*7-1-2-3(8)4(9)5(10)6(12)11-2;2*1-2-4-5-3-1;/h2*2-10,12H,1H2;2*1-5H2;/q;;;;+4/p-2/t2*2-,3-,4+,5-,6+;;;/m11.../s1. The Balaban J connectivity index is 0.000000468. The van der Waals surface area contributed by atoms with Crippen LogP contribution in [0.25, 0.3) is 0 Å². The molecule has 2 saturated heterocycles. The van der Waals surface area contributed by atoms with Gasteiger partial charge in [-0.15, -0.1) is 0 Å². The van der Waals surface area contributed by atoms with E-state index in [2.05, 4.69) is 25.3 Å². The van der Waals surface area contributed by atoms with E-state index in [0.29, 0.717) is 0 Å². The Labute approximate surface area is 233 Å². The van der Waals surface area contributed by atoms with Crippen LogP contribution in [0.3, 0.4) is 0 Å². The van der Waals surface area contributed by atoms with E-state index in [9.17, 15) is 10.2 Å². The Morgan fingerprint density at radius 3 is 0.886 bits per heavy atom. The molecule has 4 aliphatic rings. The average Bonchev–Trinajstić information content (AvgIpc) is 3.60. The smallest absolute Gasteiger partial charge is 0.759 e. The molecule has 206 valence electrons. The molecule has 4 fully saturated rings. The Morgan fingerprint density at radius 2 is 0.686 bits per heavy atom. The van der Waals surface area contributed by atoms with E-state index in [1.807, 2.05) is 0 Å². The molecular weight excluding hydrogens is 584 g/mol. The molecule has 0 bridgehead atoms. The third kappa shape index (κ3) is 12.6. The Morgan fingerprint density at radius 1 is 0.457 bits per heavy atom. The van der Waals surface area contributed by atoms with E-state index in [1.54, 1.807) is 0 Å². The van der Waals surface area contributed by atoms with Crippen molar-refractivity contribution in [1.82, 2.24) is 0 Å². The van der Waals surface area contributed by atoms with Gasteiger partial charge in [0.25, 0.3) is 0 Å². The van der Waals surface area contributed by atoms with Gasteiger partial charge in [0.2, 0.25) is 0 Å². The van der Waals surface area contributed by atoms with Gasteiger partial charge in [-0.25, -0.2) is 0 Å². The van der Waals surface area contributed by atoms with E-state index < -0.39 is 72.9 Å². The Kier molecular flexibility index (Phi) is 20.5. The molecule has 0 unspecified atom stereocenters. The maximum Gasteiger partial charge on any atom is 4.00 e. The number of ether oxygens (including phenoxy) is 2. The Hall–Kier alpha value is 0.988. The summed E-state index contributed by atoms with van der Waals surface area (Å²) >= 11 is 9.26. The molecule has 0 aromatic heterocycles. The molecule has 2 heterocycles. The zero-order valence-corrected chi connectivity index (χ0v) is 23.5. The number of aliphatic hydroxyl groups excluding tert-OH is 8. The van der Waals surface area contributed by atoms with Crippen LogP contribution in [0, 0.1) is 0 Å². The SMILES string of the molecule is C1CCCC1.C1CCCC1.OC[C@H]1O[C@@H]([S-])[C@H](O)[C@@H](O)[C@@H]1O.OC[C@H]1O[C@@H]([S-])[C@H](O)[C@@H](O)[C@@H]1O.[Mo+4]. The summed E-state index contributed by atoms with van der Waals surface area (Å²) in [6, 6.07) is 0. The molecule has 0 aromatic carbocycles. The fourth-order valence-corrected chi connectivity index (χ4v) is 4.51. The number of hydrogen-bond acceptors (Lipinski definition) is 12. The van der Waals surface area contributed by atoms with Gasteiger partial charge in [-0.3, -0.25) is 0 Å². The van der Waals surface area contributed by atoms with Gasteiger partial charge in [0.1, 0.15) is 36.6 Å². The summed E-state index contributed by atoms with van der Waals surface area (Å²) in [6.07, 6.45) is 5.34. The van der Waals surface area contributed by atoms with Gasteiger partial charge in [-0.05, 0) is 10.9 Å². The second-order valence-corrected chi connectivity index (χ2v) is 9.86. The van der Waals surface area contributed by atoms with E-state index in [1.165, 1.54) is 64.2 Å². The quantitative estimate of drug-likeness (QED) is 0.132. The first-order valence-corrected chi connectivity index (χ1v) is 13.0. The van der Waals surface area contributed by atoms with Crippen molar-refractivity contribution in [2.45, 2.75) is 124 Å². The van der Waals surface area contributed by atoms with Gasteiger partial charge in [0.15, 0.2) is 0 Å². The third-order valence-corrected chi connectivity index (χ3v) is 6.98. The Bertz CT molecular complexity index is 450. The van der Waals surface area contributed by atoms with Crippen LogP contribution in [0.4, 0.5) is 0 Å². The van der Waals surface area contributed by atoms with Gasteiger partial charge in [0.05, 0.1) is 25.4 Å². The summed E-state index contributed by atoms with van der Waals surface area (Å²) in [7, 11) is 0. The molecule has 0 amide bonds. The molecule has 0 aromatic rings. The zero-order valence-electron chi connectivity index (χ0n) is 19.9. The number of hydrogen-bond donors (Lipinski definition) is 8. The molecule has 2 aliphatic carbocycles. The van der Waals surface area contributed by atoms with Crippen LogP contribution in [0.15, 0.2) is 0 Å². The maximum absolute atomic E-state index is 9.18. The van der Waals surface area contributed by atoms with Crippen LogP contribution < -0.4 is 0 Å². The summed E-state index contributed by atoms with van der Waals surface area (Å²) < 4.78 is 9.67. The number of rotatable bonds is 2. The van der Waals surface area contributed by atoms with Crippen molar-refractivity contribution in [3.05, 3.63) is 0 Å². The van der Waals surface area contributed by atoms with Gasteiger partial charge in [0, 0.05) is 0 Å². The fourth-order valence-electron chi connectivity index (χ4n) is 3.90. The molecule has 2 aliphatic heterocycles. The van der Waals surface area contributed by atoms with Crippen molar-refractivity contribution in [2.75, 3.05) is 13.2 Å². The largest absolute Gasteiger partial charge is 4.00 e. The average molecular weight is 627 g/mol. The van der Waals surface area contributed by atoms with Crippen molar-refractivity contribution in [3.8, 4) is 0 Å². The minimum absolute atomic E-state index is 0. The second kappa shape index (κ2) is 20.0. The molecule has 2 saturated carbocycles. The molecule has 13 heteroatoms. The molecule has 35 heavy (non-hydrogen) atoms. The molecule has 10 atom stereocenters. The minimum atomic E-state index is -1.35. The van der Waals surface area contributed by atoms with E-state index in [4.69, 9.17) is 40.1 Å². The van der Waals surface area contributed by atoms with Crippen molar-refractivity contribution in [1.29, 1.82) is 0 Å². The molecular formula is C22H42MoO10S2+2. The summed E-state index contributed by atoms with van der Waals surface area (Å²) in [5.74, 6) is 0. The zero-order chi connectivity index (χ0) is 25.7. The third-order valence-electron chi connectivity index (χ3n) is 6.20. The first kappa shape index (κ1) is 36.0. The molecule has 4 rings (SSSR count). The summed E-state index contributed by atoms with van der Waals surface area (Å²) in [6.45, 7) is -0.865. The monoisotopic (exact) mass is 628 g/mol. The predicted octanol–water partition coefficient (Wildman–Crippen LogP) is -1.44. The first-order valence-electron chi connectivity index (χ1n) is 12.1. The van der Waals surface area contributed by atoms with Crippen LogP contribution in [-0.4, -0.2) is 114 Å². The topological polar surface area (TPSA) is 180 Å². The predicted molar refractivity (Wildman–Crippen MR) is 128 cm³/mol. The molecule has 10 nitrogen and oxygen atoms in total. The van der Waals surface area contributed by atoms with Crippen molar-refractivity contribution < 1.29 is 71.4 Å². The summed E-state index contributed by atoms with van der Waals surface area (Å²) in [5, 5.41) is 72.2. The van der Waals surface area contributed by atoms with E-state index in [0.717, 1.165) is 0 Å². The molecule has 8 N–H and O–H groups in total. The molecule has 0 radical (unpaired) electrons. The van der Waals surface area contributed by atoms with Crippen LogP contribution in [0.2, 0.25) is 0 Å². The van der Waals surface area contributed by atoms with Gasteiger partial charge < -0.3 is 75.6 Å². The number of aliphatic hydroxyl groups is 8. The van der Waals surface area contributed by atoms with Gasteiger partial charge in [-0.1, -0.05) is 64.2 Å². The summed E-state index contributed by atoms with van der Waals surface area (Å²) in [5.41, 5.74) is -1.97. The second-order valence-electron chi connectivity index (χ2n) is 8.93. The van der Waals surface area contributed by atoms with E-state index >= 15 is 0 Å². The van der Waals surface area contributed by atoms with Crippen LogP contribution in [0.5, 0.6) is 0 Å². The summed E-state index contributed by atoms with van der Waals surface area (Å²) in [4.78, 5) is 0. The normalized spacial score (nSPS) is 40.6. The van der Waals surface area contributed by atoms with Gasteiger partial charge >= 0.3 is 21.1 Å². The fraction of sp³-hybridized carbons (Fsp3) is 1.00. The first-order chi connectivity index (χ1) is 16.1. The van der Waals surface area contributed by atoms with Crippen molar-refractivity contribution >= 4 is 25.3 Å². The van der Waals surface area contributed by atoms with Gasteiger partial charge in [-0.2, -0.15) is 0 Å². The van der Waals surface area contributed by atoms with Crippen molar-refractivity contribution in [3.63, 3.8) is 0 Å². The van der Waals surface area contributed by atoms with Crippen LogP contribution in [-0.2, 0) is 55.8 Å².